The predicted molar refractivity (Wildman–Crippen MR) is 96.5 cm³/mol. The molecule has 2 heterocycles. The number of ether oxygens (including phenoxy) is 1. The van der Waals surface area contributed by atoms with Gasteiger partial charge >= 0.3 is 0 Å². The molecule has 0 bridgehead atoms. The molecule has 0 radical (unpaired) electrons. The van der Waals surface area contributed by atoms with Crippen LogP contribution >= 0.6 is 0 Å². The Bertz CT molecular complexity index is 708. The first-order valence-electron chi connectivity index (χ1n) is 9.07. The maximum Gasteiger partial charge on any atom is 0.258 e. The second-order valence-electron chi connectivity index (χ2n) is 6.61. The fraction of sp³-hybridized carbons (Fsp3) is 0.450. The third-order valence-electron chi connectivity index (χ3n) is 4.60. The fourth-order valence-electron chi connectivity index (χ4n) is 3.21. The zero-order valence-electron chi connectivity index (χ0n) is 15.0. The summed E-state index contributed by atoms with van der Waals surface area (Å²) in [6.45, 7) is 4.30. The number of piperidine rings is 1. The van der Waals surface area contributed by atoms with E-state index in [0.717, 1.165) is 37.5 Å². The summed E-state index contributed by atoms with van der Waals surface area (Å²) in [6, 6.07) is 9.58. The maximum absolute atomic E-state index is 12.9. The van der Waals surface area contributed by atoms with Gasteiger partial charge in [-0.1, -0.05) is 6.42 Å². The third-order valence-corrected chi connectivity index (χ3v) is 4.60. The number of rotatable bonds is 7. The fourth-order valence-corrected chi connectivity index (χ4v) is 3.21. The first-order chi connectivity index (χ1) is 12.6. The van der Waals surface area contributed by atoms with Gasteiger partial charge in [-0.05, 0) is 69.3 Å². The Balaban J connectivity index is 1.54. The van der Waals surface area contributed by atoms with E-state index in [4.69, 9.17) is 9.15 Å². The van der Waals surface area contributed by atoms with Gasteiger partial charge in [0.25, 0.3) is 5.91 Å². The largest absolute Gasteiger partial charge is 0.484 e. The number of likely N-dealkylation sites (tertiary alicyclic amines) is 1. The molecule has 6 heteroatoms. The van der Waals surface area contributed by atoms with E-state index in [1.807, 2.05) is 19.1 Å². The van der Waals surface area contributed by atoms with E-state index in [-0.39, 0.29) is 24.4 Å². The van der Waals surface area contributed by atoms with Gasteiger partial charge in [-0.3, -0.25) is 9.69 Å². The highest BCUT2D eigenvalue weighted by molar-refractivity contribution is 5.77. The Morgan fingerprint density at radius 1 is 1.19 bits per heavy atom. The first-order valence-corrected chi connectivity index (χ1v) is 9.07. The molecule has 2 aromatic rings. The minimum atomic E-state index is -0.333. The monoisotopic (exact) mass is 360 g/mol. The zero-order chi connectivity index (χ0) is 18.4. The van der Waals surface area contributed by atoms with Crippen molar-refractivity contribution in [3.63, 3.8) is 0 Å². The highest BCUT2D eigenvalue weighted by Crippen LogP contribution is 2.25. The number of nitrogens with zero attached hydrogens (tertiary/aromatic N) is 1. The van der Waals surface area contributed by atoms with Crippen LogP contribution in [0.5, 0.6) is 5.75 Å². The molecule has 0 saturated carbocycles. The van der Waals surface area contributed by atoms with E-state index in [1.54, 1.807) is 0 Å². The summed E-state index contributed by atoms with van der Waals surface area (Å²) < 4.78 is 24.1. The van der Waals surface area contributed by atoms with E-state index in [0.29, 0.717) is 12.3 Å². The highest BCUT2D eigenvalue weighted by Gasteiger charge is 2.25. The van der Waals surface area contributed by atoms with Gasteiger partial charge in [0.15, 0.2) is 6.61 Å². The number of halogens is 1. The lowest BCUT2D eigenvalue weighted by Gasteiger charge is -2.33. The van der Waals surface area contributed by atoms with Crippen LogP contribution in [0.1, 0.15) is 36.8 Å². The van der Waals surface area contributed by atoms with Crippen molar-refractivity contribution >= 4 is 5.91 Å². The molecule has 3 rings (SSSR count). The van der Waals surface area contributed by atoms with Crippen LogP contribution in [0.3, 0.4) is 0 Å². The zero-order valence-corrected chi connectivity index (χ0v) is 15.0. The molecule has 1 atom stereocenters. The van der Waals surface area contributed by atoms with Gasteiger partial charge in [0, 0.05) is 6.54 Å². The van der Waals surface area contributed by atoms with Crippen LogP contribution in [-0.2, 0) is 4.79 Å². The molecule has 1 aromatic carbocycles. The topological polar surface area (TPSA) is 54.7 Å². The van der Waals surface area contributed by atoms with Gasteiger partial charge in [0.1, 0.15) is 23.1 Å². The van der Waals surface area contributed by atoms with E-state index >= 15 is 0 Å². The molecule has 1 aliphatic rings. The average molecular weight is 360 g/mol. The molecule has 1 amide bonds. The van der Waals surface area contributed by atoms with E-state index in [1.165, 1.54) is 30.7 Å². The van der Waals surface area contributed by atoms with Gasteiger partial charge in [-0.25, -0.2) is 4.39 Å². The second kappa shape index (κ2) is 8.85. The third kappa shape index (κ3) is 5.08. The molecule has 1 aliphatic heterocycles. The quantitative estimate of drug-likeness (QED) is 0.822. The minimum Gasteiger partial charge on any atom is -0.484 e. The number of furan rings is 1. The van der Waals surface area contributed by atoms with Crippen molar-refractivity contribution < 1.29 is 18.3 Å². The average Bonchev–Trinajstić information content (AvgIpc) is 3.08. The number of hydrogen-bond donors (Lipinski definition) is 1. The van der Waals surface area contributed by atoms with Crippen LogP contribution in [0, 0.1) is 12.7 Å². The maximum atomic E-state index is 12.9. The molecule has 1 aromatic heterocycles. The standard InChI is InChI=1S/C20H25FN2O3/c1-15-5-10-19(26-15)18(23-11-3-2-4-12-23)13-22-20(24)14-25-17-8-6-16(21)7-9-17/h5-10,18H,2-4,11-14H2,1H3,(H,22,24)/t18-/m0/s1. The smallest absolute Gasteiger partial charge is 0.258 e. The summed E-state index contributed by atoms with van der Waals surface area (Å²) in [6.07, 6.45) is 3.58. The number of amides is 1. The number of aryl methyl sites for hydroxylation is 1. The summed E-state index contributed by atoms with van der Waals surface area (Å²) in [5, 5.41) is 2.93. The first kappa shape index (κ1) is 18.5. The Morgan fingerprint density at radius 2 is 1.92 bits per heavy atom. The summed E-state index contributed by atoms with van der Waals surface area (Å²) in [5.74, 6) is 1.67. The predicted octanol–water partition coefficient (Wildman–Crippen LogP) is 3.45. The molecule has 0 unspecified atom stereocenters. The van der Waals surface area contributed by atoms with Gasteiger partial charge in [0.2, 0.25) is 0 Å². The van der Waals surface area contributed by atoms with Crippen molar-refractivity contribution in [1.82, 2.24) is 10.2 Å². The van der Waals surface area contributed by atoms with Gasteiger partial charge < -0.3 is 14.5 Å². The molecule has 1 saturated heterocycles. The van der Waals surface area contributed by atoms with Crippen LogP contribution in [0.2, 0.25) is 0 Å². The highest BCUT2D eigenvalue weighted by atomic mass is 19.1. The molecule has 0 spiro atoms. The van der Waals surface area contributed by atoms with E-state index in [9.17, 15) is 9.18 Å². The Morgan fingerprint density at radius 3 is 2.58 bits per heavy atom. The van der Waals surface area contributed by atoms with Crippen molar-refractivity contribution in [1.29, 1.82) is 0 Å². The molecular weight excluding hydrogens is 335 g/mol. The van der Waals surface area contributed by atoms with E-state index in [2.05, 4.69) is 10.2 Å². The second-order valence-corrected chi connectivity index (χ2v) is 6.61. The molecule has 1 N–H and O–H groups in total. The normalized spacial score (nSPS) is 16.2. The summed E-state index contributed by atoms with van der Waals surface area (Å²) in [5.41, 5.74) is 0. The SMILES string of the molecule is Cc1ccc([C@H](CNC(=O)COc2ccc(F)cc2)N2CCCCC2)o1. The lowest BCUT2D eigenvalue weighted by molar-refractivity contribution is -0.123. The van der Waals surface area contributed by atoms with Crippen LogP contribution < -0.4 is 10.1 Å². The van der Waals surface area contributed by atoms with Crippen molar-refractivity contribution in [2.24, 2.45) is 0 Å². The number of nitrogens with one attached hydrogen (secondary N) is 1. The number of carbonyl (C=O) groups is 1. The van der Waals surface area contributed by atoms with Crippen molar-refractivity contribution in [2.75, 3.05) is 26.2 Å². The molecular formula is C20H25FN2O3. The summed E-state index contributed by atoms with van der Waals surface area (Å²) in [7, 11) is 0. The van der Waals surface area contributed by atoms with Gasteiger partial charge in [-0.15, -0.1) is 0 Å². The number of carbonyl (C=O) groups excluding carboxylic acids is 1. The summed E-state index contributed by atoms with van der Waals surface area (Å²) in [4.78, 5) is 14.5. The van der Waals surface area contributed by atoms with Crippen molar-refractivity contribution in [2.45, 2.75) is 32.2 Å². The molecule has 5 nitrogen and oxygen atoms in total. The number of hydrogen-bond acceptors (Lipinski definition) is 4. The van der Waals surface area contributed by atoms with Gasteiger partial charge in [0.05, 0.1) is 6.04 Å². The lowest BCUT2D eigenvalue weighted by atomic mass is 10.1. The molecule has 26 heavy (non-hydrogen) atoms. The Hall–Kier alpha value is -2.34. The van der Waals surface area contributed by atoms with Gasteiger partial charge in [-0.2, -0.15) is 0 Å². The molecule has 140 valence electrons. The minimum absolute atomic E-state index is 0.0266. The van der Waals surface area contributed by atoms with Crippen LogP contribution in [0.15, 0.2) is 40.8 Å². The molecule has 1 fully saturated rings. The number of benzene rings is 1. The lowest BCUT2D eigenvalue weighted by Crippen LogP contribution is -2.41. The summed E-state index contributed by atoms with van der Waals surface area (Å²) >= 11 is 0. The molecule has 0 aliphatic carbocycles. The van der Waals surface area contributed by atoms with Crippen LogP contribution in [0.25, 0.3) is 0 Å². The Kier molecular flexibility index (Phi) is 6.28. The van der Waals surface area contributed by atoms with Crippen LogP contribution in [-0.4, -0.2) is 37.0 Å². The van der Waals surface area contributed by atoms with Crippen LogP contribution in [0.4, 0.5) is 4.39 Å². The van der Waals surface area contributed by atoms with E-state index < -0.39 is 0 Å². The van der Waals surface area contributed by atoms with Crippen molar-refractivity contribution in [3.05, 3.63) is 53.7 Å². The van der Waals surface area contributed by atoms with Crippen molar-refractivity contribution in [3.8, 4) is 5.75 Å². The Labute approximate surface area is 153 Å².